The minimum Gasteiger partial charge on any atom is -0.392 e. The van der Waals surface area contributed by atoms with E-state index in [1.54, 1.807) is 30.3 Å². The van der Waals surface area contributed by atoms with Crippen molar-refractivity contribution in [3.8, 4) is 0 Å². The van der Waals surface area contributed by atoms with Gasteiger partial charge in [0.1, 0.15) is 12.0 Å². The van der Waals surface area contributed by atoms with Gasteiger partial charge in [-0.2, -0.15) is 26.3 Å². The first-order valence-corrected chi connectivity index (χ1v) is 15.2. The monoisotopic (exact) mass is 752 g/mol. The molecule has 2 N–H and O–H groups in total. The zero-order chi connectivity index (χ0) is 33.3. The van der Waals surface area contributed by atoms with Gasteiger partial charge in [-0.15, -0.1) is 0 Å². The molecule has 0 radical (unpaired) electrons. The summed E-state index contributed by atoms with van der Waals surface area (Å²) in [6.07, 6.45) is -9.73. The number of hydrogen-bond donors (Lipinski definition) is 2. The van der Waals surface area contributed by atoms with Crippen molar-refractivity contribution in [2.24, 2.45) is 0 Å². The standard InChI is InChI=1S/C34H27F6IN2O3/c35-33(36,37)20-42-31(46)32(17-23-7-2-6-12-28(23)41)27-11-5-3-9-25(27)30(45)43(29(32)22-15-13-21(19-44)14-16-22)18-24-8-1-4-10-26(24)34(38,39)40/h1-16,29,44H,17-20H2,(H,42,46)/t29-,32-/m0/s1. The Bertz CT molecular complexity index is 1740. The summed E-state index contributed by atoms with van der Waals surface area (Å²) in [5, 5.41) is 11.7. The molecule has 2 atom stereocenters. The minimum absolute atomic E-state index is 0.0108. The molecule has 0 spiro atoms. The normalized spacial score (nSPS) is 18.3. The van der Waals surface area contributed by atoms with Crippen LogP contribution in [0.25, 0.3) is 0 Å². The van der Waals surface area contributed by atoms with E-state index >= 15 is 0 Å². The van der Waals surface area contributed by atoms with E-state index in [2.05, 4.69) is 0 Å². The van der Waals surface area contributed by atoms with Crippen LogP contribution in [0.5, 0.6) is 0 Å². The van der Waals surface area contributed by atoms with E-state index in [1.807, 2.05) is 27.9 Å². The third kappa shape index (κ3) is 6.63. The van der Waals surface area contributed by atoms with Crippen molar-refractivity contribution in [3.63, 3.8) is 0 Å². The zero-order valence-corrected chi connectivity index (χ0v) is 26.2. The fourth-order valence-corrected chi connectivity index (χ4v) is 6.67. The lowest BCUT2D eigenvalue weighted by Gasteiger charge is -2.50. The average Bonchev–Trinajstić information content (AvgIpc) is 3.02. The molecular weight excluding hydrogens is 725 g/mol. The van der Waals surface area contributed by atoms with Crippen molar-refractivity contribution in [1.29, 1.82) is 0 Å². The van der Waals surface area contributed by atoms with E-state index in [-0.39, 0.29) is 35.3 Å². The molecule has 0 bridgehead atoms. The van der Waals surface area contributed by atoms with Crippen molar-refractivity contribution in [2.45, 2.75) is 43.4 Å². The molecule has 240 valence electrons. The maximum absolute atomic E-state index is 14.5. The number of hydrogen-bond acceptors (Lipinski definition) is 3. The number of halogens is 7. The highest BCUT2D eigenvalue weighted by molar-refractivity contribution is 14.1. The lowest BCUT2D eigenvalue weighted by molar-refractivity contribution is -0.144. The molecule has 1 heterocycles. The van der Waals surface area contributed by atoms with Gasteiger partial charge in [0.15, 0.2) is 0 Å². The van der Waals surface area contributed by atoms with Gasteiger partial charge in [-0.25, -0.2) is 0 Å². The molecule has 1 aliphatic rings. The first-order valence-electron chi connectivity index (χ1n) is 14.1. The number of benzene rings is 4. The summed E-state index contributed by atoms with van der Waals surface area (Å²) >= 11 is 2.05. The Morgan fingerprint density at radius 3 is 2.09 bits per heavy atom. The average molecular weight is 752 g/mol. The van der Waals surface area contributed by atoms with Crippen molar-refractivity contribution < 1.29 is 41.0 Å². The molecule has 0 unspecified atom stereocenters. The zero-order valence-electron chi connectivity index (χ0n) is 24.0. The van der Waals surface area contributed by atoms with Gasteiger partial charge in [0, 0.05) is 15.7 Å². The molecule has 46 heavy (non-hydrogen) atoms. The third-order valence-electron chi connectivity index (χ3n) is 8.10. The van der Waals surface area contributed by atoms with Crippen molar-refractivity contribution in [3.05, 3.63) is 140 Å². The molecule has 0 saturated heterocycles. The predicted molar refractivity (Wildman–Crippen MR) is 166 cm³/mol. The molecule has 12 heteroatoms. The first-order chi connectivity index (χ1) is 21.8. The second kappa shape index (κ2) is 13.1. The largest absolute Gasteiger partial charge is 0.416 e. The summed E-state index contributed by atoms with van der Waals surface area (Å²) in [6.45, 7) is -2.60. The number of alkyl halides is 6. The Morgan fingerprint density at radius 1 is 0.848 bits per heavy atom. The van der Waals surface area contributed by atoms with Crippen LogP contribution in [0.3, 0.4) is 0 Å². The first kappa shape index (κ1) is 33.5. The molecule has 0 aromatic heterocycles. The van der Waals surface area contributed by atoms with Crippen molar-refractivity contribution >= 4 is 34.4 Å². The maximum Gasteiger partial charge on any atom is 0.416 e. The molecule has 0 aliphatic carbocycles. The Kier molecular flexibility index (Phi) is 9.50. The van der Waals surface area contributed by atoms with E-state index in [0.717, 1.165) is 11.0 Å². The van der Waals surface area contributed by atoms with E-state index in [4.69, 9.17) is 0 Å². The Labute approximate surface area is 274 Å². The minimum atomic E-state index is -4.77. The number of aliphatic hydroxyl groups excluding tert-OH is 1. The lowest BCUT2D eigenvalue weighted by atomic mass is 9.63. The lowest BCUT2D eigenvalue weighted by Crippen LogP contribution is -2.60. The highest BCUT2D eigenvalue weighted by Gasteiger charge is 2.57. The summed E-state index contributed by atoms with van der Waals surface area (Å²) in [6, 6.07) is 22.5. The van der Waals surface area contributed by atoms with Gasteiger partial charge in [0.05, 0.1) is 18.2 Å². The van der Waals surface area contributed by atoms with Crippen LogP contribution in [0.1, 0.15) is 49.8 Å². The number of carbonyl (C=O) groups is 2. The summed E-state index contributed by atoms with van der Waals surface area (Å²) in [5.74, 6) is -1.74. The summed E-state index contributed by atoms with van der Waals surface area (Å²) in [7, 11) is 0. The SMILES string of the molecule is O=C1c2ccccc2[C@](Cc2ccccc2I)(C(=O)NCC(F)(F)F)[C@H](c2ccc(CO)cc2)N1Cc1ccccc1C(F)(F)F. The van der Waals surface area contributed by atoms with Crippen LogP contribution >= 0.6 is 22.6 Å². The molecule has 1 aliphatic heterocycles. The topological polar surface area (TPSA) is 69.6 Å². The maximum atomic E-state index is 14.5. The Balaban J connectivity index is 1.83. The van der Waals surface area contributed by atoms with Gasteiger partial charge in [-0.1, -0.05) is 78.9 Å². The number of aliphatic hydroxyl groups is 1. The van der Waals surface area contributed by atoms with Gasteiger partial charge < -0.3 is 15.3 Å². The molecule has 5 nitrogen and oxygen atoms in total. The third-order valence-corrected chi connectivity index (χ3v) is 9.15. The number of amides is 2. The molecule has 4 aromatic rings. The Morgan fingerprint density at radius 2 is 1.46 bits per heavy atom. The van der Waals surface area contributed by atoms with Crippen LogP contribution < -0.4 is 5.32 Å². The number of nitrogens with one attached hydrogen (secondary N) is 1. The van der Waals surface area contributed by atoms with Gasteiger partial charge in [0.25, 0.3) is 5.91 Å². The van der Waals surface area contributed by atoms with Crippen molar-refractivity contribution in [1.82, 2.24) is 10.2 Å². The van der Waals surface area contributed by atoms with Crippen LogP contribution in [0.4, 0.5) is 26.3 Å². The van der Waals surface area contributed by atoms with E-state index in [1.165, 1.54) is 60.7 Å². The molecule has 2 amide bonds. The van der Waals surface area contributed by atoms with Crippen LogP contribution in [0, 0.1) is 3.57 Å². The van der Waals surface area contributed by atoms with E-state index < -0.39 is 54.3 Å². The molecule has 0 fully saturated rings. The molecule has 4 aromatic carbocycles. The van der Waals surface area contributed by atoms with E-state index in [0.29, 0.717) is 14.7 Å². The fraction of sp³-hybridized carbons (Fsp3) is 0.235. The molecule has 5 rings (SSSR count). The number of rotatable bonds is 8. The van der Waals surface area contributed by atoms with Gasteiger partial charge in [-0.3, -0.25) is 9.59 Å². The summed E-state index contributed by atoms with van der Waals surface area (Å²) in [5.41, 5.74) is -1.69. The predicted octanol–water partition coefficient (Wildman–Crippen LogP) is 7.36. The highest BCUT2D eigenvalue weighted by atomic mass is 127. The summed E-state index contributed by atoms with van der Waals surface area (Å²) in [4.78, 5) is 30.0. The smallest absolute Gasteiger partial charge is 0.392 e. The molecular formula is C34H27F6IN2O3. The van der Waals surface area contributed by atoms with Crippen LogP contribution in [0.15, 0.2) is 97.1 Å². The second-order valence-corrected chi connectivity index (χ2v) is 12.1. The van der Waals surface area contributed by atoms with Gasteiger partial charge in [-0.05, 0) is 75.0 Å². The van der Waals surface area contributed by atoms with E-state index in [9.17, 15) is 41.0 Å². The van der Waals surface area contributed by atoms with Crippen molar-refractivity contribution in [2.75, 3.05) is 6.54 Å². The van der Waals surface area contributed by atoms with Gasteiger partial charge >= 0.3 is 12.4 Å². The number of fused-ring (bicyclic) bond motifs is 1. The quantitative estimate of drug-likeness (QED) is 0.146. The molecule has 0 saturated carbocycles. The number of nitrogens with zero attached hydrogens (tertiary/aromatic N) is 1. The summed E-state index contributed by atoms with van der Waals surface area (Å²) < 4.78 is 83.9. The second-order valence-electron chi connectivity index (χ2n) is 11.0. The van der Waals surface area contributed by atoms with Crippen LogP contribution in [-0.2, 0) is 36.0 Å². The van der Waals surface area contributed by atoms with Gasteiger partial charge in [0.2, 0.25) is 5.91 Å². The number of carbonyl (C=O) groups excluding carboxylic acids is 2. The van der Waals surface area contributed by atoms with Crippen LogP contribution in [-0.4, -0.2) is 34.5 Å². The highest BCUT2D eigenvalue weighted by Crippen LogP contribution is 2.51. The fourth-order valence-electron chi connectivity index (χ4n) is 6.09. The Hall–Kier alpha value is -3.91. The van der Waals surface area contributed by atoms with Crippen LogP contribution in [0.2, 0.25) is 0 Å².